The minimum atomic E-state index is -1.36. The molecule has 0 aliphatic carbocycles. The van der Waals surface area contributed by atoms with Gasteiger partial charge in [-0.1, -0.05) is 0 Å². The van der Waals surface area contributed by atoms with Crippen molar-refractivity contribution in [1.29, 1.82) is 0 Å². The molecule has 0 bridgehead atoms. The van der Waals surface area contributed by atoms with Crippen molar-refractivity contribution in [3.8, 4) is 0 Å². The van der Waals surface area contributed by atoms with Crippen molar-refractivity contribution in [2.75, 3.05) is 32.7 Å². The molecule has 0 heterocycles. The highest BCUT2D eigenvalue weighted by atomic mass is 16.6. The van der Waals surface area contributed by atoms with Crippen molar-refractivity contribution in [2.24, 2.45) is 0 Å². The number of esters is 1. The van der Waals surface area contributed by atoms with Gasteiger partial charge >= 0.3 is 30.3 Å². The Labute approximate surface area is 281 Å². The molecule has 0 aliphatic rings. The first kappa shape index (κ1) is 43.7. The molecule has 0 saturated carbocycles. The summed E-state index contributed by atoms with van der Waals surface area (Å²) in [5, 5.41) is 5.43. The van der Waals surface area contributed by atoms with Crippen molar-refractivity contribution < 1.29 is 47.7 Å². The van der Waals surface area contributed by atoms with Gasteiger partial charge in [0.1, 0.15) is 34.0 Å². The first-order valence-corrected chi connectivity index (χ1v) is 16.1. The first-order valence-electron chi connectivity index (χ1n) is 16.1. The van der Waals surface area contributed by atoms with Gasteiger partial charge in [0.25, 0.3) is 0 Å². The molecule has 0 radical (unpaired) electrons. The maximum absolute atomic E-state index is 13.5. The van der Waals surface area contributed by atoms with Crippen LogP contribution in [0.5, 0.6) is 0 Å². The van der Waals surface area contributed by atoms with Gasteiger partial charge in [0, 0.05) is 26.2 Å². The van der Waals surface area contributed by atoms with E-state index in [0.717, 1.165) is 0 Å². The monoisotopic (exact) mass is 674 g/mol. The van der Waals surface area contributed by atoms with Crippen LogP contribution in [0.2, 0.25) is 0 Å². The summed E-state index contributed by atoms with van der Waals surface area (Å²) in [5.41, 5.74) is -4.16. The molecule has 274 valence electrons. The molecule has 0 aromatic rings. The summed E-state index contributed by atoms with van der Waals surface area (Å²) in [5.74, 6) is -0.793. The van der Waals surface area contributed by atoms with Crippen molar-refractivity contribution >= 4 is 30.3 Å². The first-order chi connectivity index (χ1) is 21.0. The van der Waals surface area contributed by atoms with Crippen LogP contribution in [0, 0.1) is 0 Å². The van der Waals surface area contributed by atoms with Crippen molar-refractivity contribution in [1.82, 2.24) is 20.4 Å². The van der Waals surface area contributed by atoms with Crippen molar-refractivity contribution in [2.45, 2.75) is 151 Å². The molecule has 14 heteroatoms. The zero-order valence-electron chi connectivity index (χ0n) is 31.5. The average molecular weight is 675 g/mol. The van der Waals surface area contributed by atoms with E-state index in [2.05, 4.69) is 10.6 Å². The predicted molar refractivity (Wildman–Crippen MR) is 178 cm³/mol. The van der Waals surface area contributed by atoms with E-state index < -0.39 is 64.4 Å². The Morgan fingerprint density at radius 1 is 0.511 bits per heavy atom. The number of alkyl carbamates (subject to hydrolysis) is 2. The fraction of sp³-hybridized carbons (Fsp3) is 0.848. The fourth-order valence-corrected chi connectivity index (χ4v) is 3.78. The van der Waals surface area contributed by atoms with E-state index in [4.69, 9.17) is 23.7 Å². The summed E-state index contributed by atoms with van der Waals surface area (Å²) >= 11 is 0. The van der Waals surface area contributed by atoms with E-state index in [9.17, 15) is 24.0 Å². The maximum atomic E-state index is 13.5. The van der Waals surface area contributed by atoms with Gasteiger partial charge in [0.15, 0.2) is 0 Å². The molecule has 4 amide bonds. The summed E-state index contributed by atoms with van der Waals surface area (Å²) in [6.07, 6.45) is -2.89. The van der Waals surface area contributed by atoms with E-state index in [1.807, 2.05) is 4.90 Å². The van der Waals surface area contributed by atoms with Gasteiger partial charge in [-0.25, -0.2) is 24.0 Å². The normalized spacial score (nSPS) is 13.3. The predicted octanol–water partition coefficient (Wildman–Crippen LogP) is 6.00. The molecule has 14 nitrogen and oxygen atoms in total. The molecule has 0 rings (SSSR count). The third kappa shape index (κ3) is 22.8. The van der Waals surface area contributed by atoms with Crippen LogP contribution in [0.1, 0.15) is 117 Å². The van der Waals surface area contributed by atoms with Gasteiger partial charge in [-0.05, 0) is 123 Å². The standard InChI is InChI=1S/C33H62N4O10/c1-29(2,3)43-24(38)23(37(27(41)46-32(10,11)12)28(42)47-33(13,14)15)17-16-20-36(21-18-34-25(39)44-30(4,5)6)22-19-35-26(40)45-31(7,8)9/h23H,16-22H2,1-15H3,(H,34,39)(H,35,40)/t23-/m0/s1. The highest BCUT2D eigenvalue weighted by Crippen LogP contribution is 2.22. The summed E-state index contributed by atoms with van der Waals surface area (Å²) in [7, 11) is 0. The van der Waals surface area contributed by atoms with Crippen LogP contribution in [0.3, 0.4) is 0 Å². The van der Waals surface area contributed by atoms with Crippen LogP contribution in [0.4, 0.5) is 19.2 Å². The number of hydrogen-bond donors (Lipinski definition) is 2. The van der Waals surface area contributed by atoms with Gasteiger partial charge in [0.2, 0.25) is 0 Å². The number of rotatable bonds is 12. The van der Waals surface area contributed by atoms with E-state index in [0.29, 0.717) is 31.0 Å². The molecular weight excluding hydrogens is 612 g/mol. The summed E-state index contributed by atoms with van der Waals surface area (Å²) in [6.45, 7) is 27.1. The van der Waals surface area contributed by atoms with Crippen LogP contribution in [0.25, 0.3) is 0 Å². The van der Waals surface area contributed by atoms with Gasteiger partial charge in [-0.3, -0.25) is 4.90 Å². The highest BCUT2D eigenvalue weighted by molar-refractivity contribution is 5.94. The lowest BCUT2D eigenvalue weighted by molar-refractivity contribution is -0.161. The second kappa shape index (κ2) is 17.7. The quantitative estimate of drug-likeness (QED) is 0.184. The van der Waals surface area contributed by atoms with Gasteiger partial charge < -0.3 is 34.3 Å². The fourth-order valence-electron chi connectivity index (χ4n) is 3.78. The molecule has 0 unspecified atom stereocenters. The number of carbonyl (C=O) groups is 5. The third-order valence-electron chi connectivity index (χ3n) is 5.32. The second-order valence-corrected chi connectivity index (χ2v) is 16.2. The Kier molecular flexibility index (Phi) is 16.5. The van der Waals surface area contributed by atoms with E-state index in [1.54, 1.807) is 104 Å². The van der Waals surface area contributed by atoms with Crippen LogP contribution in [0.15, 0.2) is 0 Å². The third-order valence-corrected chi connectivity index (χ3v) is 5.32. The highest BCUT2D eigenvalue weighted by Gasteiger charge is 2.42. The average Bonchev–Trinajstić information content (AvgIpc) is 2.77. The number of hydrogen-bond acceptors (Lipinski definition) is 11. The van der Waals surface area contributed by atoms with Crippen molar-refractivity contribution in [3.05, 3.63) is 0 Å². The van der Waals surface area contributed by atoms with Gasteiger partial charge in [-0.15, -0.1) is 0 Å². The van der Waals surface area contributed by atoms with Gasteiger partial charge in [0.05, 0.1) is 0 Å². The zero-order valence-corrected chi connectivity index (χ0v) is 31.5. The largest absolute Gasteiger partial charge is 0.458 e. The van der Waals surface area contributed by atoms with E-state index in [-0.39, 0.29) is 19.5 Å². The number of nitrogens with one attached hydrogen (secondary N) is 2. The second-order valence-electron chi connectivity index (χ2n) is 16.2. The molecular formula is C33H62N4O10. The summed E-state index contributed by atoms with van der Waals surface area (Å²) in [6, 6.07) is -1.36. The minimum Gasteiger partial charge on any atom is -0.458 e. The molecule has 1 atom stereocenters. The summed E-state index contributed by atoms with van der Waals surface area (Å²) < 4.78 is 27.3. The van der Waals surface area contributed by atoms with Gasteiger partial charge in [-0.2, -0.15) is 4.90 Å². The lowest BCUT2D eigenvalue weighted by atomic mass is 10.1. The minimum absolute atomic E-state index is 0.0168. The molecule has 2 N–H and O–H groups in total. The SMILES string of the molecule is CC(C)(C)OC(=O)NCCN(CCC[C@@H](C(=O)OC(C)(C)C)N(C(=O)OC(C)(C)C)C(=O)OC(C)(C)C)CCNC(=O)OC(C)(C)C. The van der Waals surface area contributed by atoms with E-state index in [1.165, 1.54) is 0 Å². The smallest absolute Gasteiger partial charge is 0.420 e. The molecule has 0 aromatic heterocycles. The van der Waals surface area contributed by atoms with Crippen LogP contribution >= 0.6 is 0 Å². The number of amides is 4. The molecule has 0 saturated heterocycles. The van der Waals surface area contributed by atoms with Crippen LogP contribution in [-0.2, 0) is 28.5 Å². The Balaban J connectivity index is 6.07. The molecule has 0 spiro atoms. The number of nitrogens with zero attached hydrogens (tertiary/aromatic N) is 2. The number of imide groups is 1. The Morgan fingerprint density at radius 3 is 1.17 bits per heavy atom. The Hall–Kier alpha value is -3.29. The zero-order chi connectivity index (χ0) is 37.0. The molecule has 47 heavy (non-hydrogen) atoms. The lowest BCUT2D eigenvalue weighted by Crippen LogP contribution is -2.53. The molecule has 0 fully saturated rings. The van der Waals surface area contributed by atoms with Crippen LogP contribution in [-0.4, -0.2) is 107 Å². The molecule has 0 aliphatic heterocycles. The summed E-state index contributed by atoms with van der Waals surface area (Å²) in [4.78, 5) is 67.3. The lowest BCUT2D eigenvalue weighted by Gasteiger charge is -2.34. The number of ether oxygens (including phenoxy) is 5. The number of carbonyl (C=O) groups excluding carboxylic acids is 5. The maximum Gasteiger partial charge on any atom is 0.420 e. The van der Waals surface area contributed by atoms with Crippen molar-refractivity contribution in [3.63, 3.8) is 0 Å². The molecule has 0 aromatic carbocycles. The Bertz CT molecular complexity index is 982. The van der Waals surface area contributed by atoms with Crippen LogP contribution < -0.4 is 10.6 Å². The van der Waals surface area contributed by atoms with E-state index >= 15 is 0 Å². The Morgan fingerprint density at radius 2 is 0.851 bits per heavy atom. The topological polar surface area (TPSA) is 162 Å².